The van der Waals surface area contributed by atoms with Gasteiger partial charge in [0, 0.05) is 6.07 Å². The monoisotopic (exact) mass is 428 g/mol. The minimum atomic E-state index is -0.449. The highest BCUT2D eigenvalue weighted by Crippen LogP contribution is 2.22. The number of hydrogen-bond acceptors (Lipinski definition) is 6. The Balaban J connectivity index is 1.91. The molecular formula is C22H24N2O5S. The number of ether oxygens (including phenoxy) is 3. The molecule has 1 heterocycles. The quantitative estimate of drug-likeness (QED) is 0.539. The molecule has 158 valence electrons. The van der Waals surface area contributed by atoms with Gasteiger partial charge in [-0.1, -0.05) is 17.4 Å². The third-order valence-corrected chi connectivity index (χ3v) is 5.56. The zero-order valence-electron chi connectivity index (χ0n) is 17.4. The number of carbonyl (C=O) groups excluding carboxylic acids is 2. The predicted octanol–water partition coefficient (Wildman–Crippen LogP) is 3.40. The molecule has 0 atom stereocenters. The van der Waals surface area contributed by atoms with Gasteiger partial charge in [-0.2, -0.15) is 4.99 Å². The first-order valence-corrected chi connectivity index (χ1v) is 10.3. The van der Waals surface area contributed by atoms with E-state index < -0.39 is 5.91 Å². The number of amides is 1. The maximum absolute atomic E-state index is 12.5. The van der Waals surface area contributed by atoms with Gasteiger partial charge in [0.25, 0.3) is 5.91 Å². The van der Waals surface area contributed by atoms with Gasteiger partial charge in [0.15, 0.2) is 11.4 Å². The number of aromatic nitrogens is 1. The average molecular weight is 429 g/mol. The van der Waals surface area contributed by atoms with Gasteiger partial charge in [0.05, 0.1) is 23.9 Å². The van der Waals surface area contributed by atoms with Crippen molar-refractivity contribution in [1.29, 1.82) is 0 Å². The zero-order valence-corrected chi connectivity index (χ0v) is 18.2. The number of aryl methyl sites for hydroxylation is 2. The van der Waals surface area contributed by atoms with E-state index in [0.717, 1.165) is 21.3 Å². The Morgan fingerprint density at radius 2 is 1.83 bits per heavy atom. The molecule has 0 aliphatic carbocycles. The van der Waals surface area contributed by atoms with Crippen molar-refractivity contribution in [2.24, 2.45) is 4.99 Å². The molecule has 0 spiro atoms. The van der Waals surface area contributed by atoms with Crippen LogP contribution in [0.25, 0.3) is 10.2 Å². The highest BCUT2D eigenvalue weighted by atomic mass is 32.1. The third kappa shape index (κ3) is 5.07. The largest absolute Gasteiger partial charge is 0.497 e. The molecule has 1 amide bonds. The molecule has 0 fully saturated rings. The van der Waals surface area contributed by atoms with Crippen LogP contribution in [-0.2, 0) is 20.9 Å². The second-order valence-electron chi connectivity index (χ2n) is 6.65. The van der Waals surface area contributed by atoms with E-state index in [2.05, 4.69) is 4.99 Å². The van der Waals surface area contributed by atoms with Crippen molar-refractivity contribution in [2.75, 3.05) is 20.3 Å². The first-order chi connectivity index (χ1) is 14.4. The van der Waals surface area contributed by atoms with E-state index in [0.29, 0.717) is 22.9 Å². The first kappa shape index (κ1) is 21.6. The van der Waals surface area contributed by atoms with E-state index in [1.54, 1.807) is 42.9 Å². The normalized spacial score (nSPS) is 11.5. The number of hydrogen-bond donors (Lipinski definition) is 0. The zero-order chi connectivity index (χ0) is 21.7. The molecular weight excluding hydrogens is 404 g/mol. The van der Waals surface area contributed by atoms with Crippen LogP contribution in [0.1, 0.15) is 18.1 Å². The van der Waals surface area contributed by atoms with Gasteiger partial charge >= 0.3 is 5.97 Å². The van der Waals surface area contributed by atoms with Gasteiger partial charge in [-0.25, -0.2) is 0 Å². The van der Waals surface area contributed by atoms with Crippen molar-refractivity contribution in [3.8, 4) is 11.5 Å². The Labute approximate surface area is 178 Å². The lowest BCUT2D eigenvalue weighted by molar-refractivity contribution is -0.143. The minimum Gasteiger partial charge on any atom is -0.497 e. The number of benzene rings is 2. The van der Waals surface area contributed by atoms with E-state index in [9.17, 15) is 9.59 Å². The van der Waals surface area contributed by atoms with Gasteiger partial charge in [0.1, 0.15) is 18.0 Å². The van der Waals surface area contributed by atoms with Gasteiger partial charge < -0.3 is 18.8 Å². The summed E-state index contributed by atoms with van der Waals surface area (Å²) >= 11 is 1.36. The Morgan fingerprint density at radius 3 is 2.57 bits per heavy atom. The highest BCUT2D eigenvalue weighted by molar-refractivity contribution is 7.16. The molecule has 8 heteroatoms. The van der Waals surface area contributed by atoms with Crippen molar-refractivity contribution in [3.63, 3.8) is 0 Å². The van der Waals surface area contributed by atoms with Crippen LogP contribution in [-0.4, -0.2) is 36.8 Å². The van der Waals surface area contributed by atoms with E-state index >= 15 is 0 Å². The van der Waals surface area contributed by atoms with E-state index in [4.69, 9.17) is 14.2 Å². The molecule has 0 radical (unpaired) electrons. The molecule has 0 saturated heterocycles. The standard InChI is InChI=1S/C22H24N2O5S/c1-5-28-21(26)12-24-18-9-14(2)15(3)10-19(18)30-22(24)23-20(25)13-29-17-8-6-7-16(11-17)27-4/h6-11H,5,12-13H2,1-4H3. The fourth-order valence-electron chi connectivity index (χ4n) is 2.87. The van der Waals surface area contributed by atoms with Crippen LogP contribution < -0.4 is 14.3 Å². The number of methoxy groups -OCH3 is 1. The fraction of sp³-hybridized carbons (Fsp3) is 0.318. The fourth-order valence-corrected chi connectivity index (χ4v) is 4.00. The molecule has 0 saturated carbocycles. The second-order valence-corrected chi connectivity index (χ2v) is 7.66. The van der Waals surface area contributed by atoms with Crippen LogP contribution in [0.2, 0.25) is 0 Å². The second kappa shape index (κ2) is 9.58. The molecule has 0 unspecified atom stereocenters. The van der Waals surface area contributed by atoms with E-state index in [1.807, 2.05) is 26.0 Å². The lowest BCUT2D eigenvalue weighted by Gasteiger charge is -2.07. The van der Waals surface area contributed by atoms with Gasteiger partial charge in [-0.15, -0.1) is 0 Å². The lowest BCUT2D eigenvalue weighted by Crippen LogP contribution is -2.24. The van der Waals surface area contributed by atoms with Gasteiger partial charge in [-0.05, 0) is 56.2 Å². The molecule has 0 aliphatic rings. The van der Waals surface area contributed by atoms with Gasteiger partial charge in [0.2, 0.25) is 0 Å². The van der Waals surface area contributed by atoms with E-state index in [-0.39, 0.29) is 19.1 Å². The summed E-state index contributed by atoms with van der Waals surface area (Å²) in [6, 6.07) is 11.0. The molecule has 1 aromatic heterocycles. The Kier molecular flexibility index (Phi) is 6.89. The molecule has 0 bridgehead atoms. The summed E-state index contributed by atoms with van der Waals surface area (Å²) in [7, 11) is 1.56. The van der Waals surface area contributed by atoms with Crippen molar-refractivity contribution in [3.05, 3.63) is 52.3 Å². The molecule has 3 rings (SSSR count). The number of carbonyl (C=O) groups is 2. The minimum absolute atomic E-state index is 0.0147. The Morgan fingerprint density at radius 1 is 1.10 bits per heavy atom. The van der Waals surface area contributed by atoms with Crippen LogP contribution >= 0.6 is 11.3 Å². The maximum atomic E-state index is 12.5. The van der Waals surface area contributed by atoms with Crippen LogP contribution in [0.15, 0.2) is 41.4 Å². The predicted molar refractivity (Wildman–Crippen MR) is 115 cm³/mol. The van der Waals surface area contributed by atoms with Crippen molar-refractivity contribution < 1.29 is 23.8 Å². The molecule has 2 aromatic carbocycles. The lowest BCUT2D eigenvalue weighted by atomic mass is 10.1. The van der Waals surface area contributed by atoms with Crippen LogP contribution in [0.3, 0.4) is 0 Å². The summed E-state index contributed by atoms with van der Waals surface area (Å²) in [5.41, 5.74) is 3.07. The number of thiazole rings is 1. The summed E-state index contributed by atoms with van der Waals surface area (Å²) in [6.45, 7) is 5.84. The number of nitrogens with zero attached hydrogens (tertiary/aromatic N) is 2. The first-order valence-electron chi connectivity index (χ1n) is 9.52. The van der Waals surface area contributed by atoms with Crippen molar-refractivity contribution >= 4 is 33.4 Å². The SMILES string of the molecule is CCOC(=O)Cn1c(=NC(=O)COc2cccc(OC)c2)sc2cc(C)c(C)cc21. The smallest absolute Gasteiger partial charge is 0.326 e. The van der Waals surface area contributed by atoms with Crippen molar-refractivity contribution in [2.45, 2.75) is 27.3 Å². The third-order valence-electron chi connectivity index (χ3n) is 4.51. The average Bonchev–Trinajstić information content (AvgIpc) is 3.03. The number of rotatable bonds is 7. The van der Waals surface area contributed by atoms with Crippen LogP contribution in [0, 0.1) is 13.8 Å². The van der Waals surface area contributed by atoms with E-state index in [1.165, 1.54) is 11.3 Å². The number of fused-ring (bicyclic) bond motifs is 1. The molecule has 0 N–H and O–H groups in total. The summed E-state index contributed by atoms with van der Waals surface area (Å²) in [6.07, 6.45) is 0. The molecule has 3 aromatic rings. The summed E-state index contributed by atoms with van der Waals surface area (Å²) in [5, 5.41) is 0. The summed E-state index contributed by atoms with van der Waals surface area (Å²) < 4.78 is 18.4. The topological polar surface area (TPSA) is 79.1 Å². The Bertz CT molecular complexity index is 1150. The molecule has 30 heavy (non-hydrogen) atoms. The van der Waals surface area contributed by atoms with Crippen molar-refractivity contribution in [1.82, 2.24) is 4.57 Å². The molecule has 7 nitrogen and oxygen atoms in total. The van der Waals surface area contributed by atoms with Gasteiger partial charge in [-0.3, -0.25) is 9.59 Å². The maximum Gasteiger partial charge on any atom is 0.326 e. The number of esters is 1. The summed E-state index contributed by atoms with van der Waals surface area (Å²) in [5.74, 6) is 0.326. The van der Waals surface area contributed by atoms with Crippen LogP contribution in [0.4, 0.5) is 0 Å². The molecule has 0 aliphatic heterocycles. The highest BCUT2D eigenvalue weighted by Gasteiger charge is 2.13. The Hall–Kier alpha value is -3.13. The summed E-state index contributed by atoms with van der Waals surface area (Å²) in [4.78, 5) is 29.2. The van der Waals surface area contributed by atoms with Crippen LogP contribution in [0.5, 0.6) is 11.5 Å².